The van der Waals surface area contributed by atoms with Gasteiger partial charge in [-0.25, -0.2) is 0 Å². The summed E-state index contributed by atoms with van der Waals surface area (Å²) in [5, 5.41) is 19.1. The summed E-state index contributed by atoms with van der Waals surface area (Å²) in [5.41, 5.74) is 2.21. The summed E-state index contributed by atoms with van der Waals surface area (Å²) >= 11 is 0. The van der Waals surface area contributed by atoms with Crippen LogP contribution in [0.15, 0.2) is 12.4 Å². The van der Waals surface area contributed by atoms with Gasteiger partial charge in [-0.1, -0.05) is 0 Å². The van der Waals surface area contributed by atoms with Gasteiger partial charge in [0.25, 0.3) is 0 Å². The first kappa shape index (κ1) is 16.7. The Morgan fingerprint density at radius 2 is 2.00 bits per heavy atom. The van der Waals surface area contributed by atoms with Crippen molar-refractivity contribution >= 4 is 11.6 Å². The van der Waals surface area contributed by atoms with Crippen LogP contribution in [0.3, 0.4) is 0 Å². The zero-order valence-electron chi connectivity index (χ0n) is 13.7. The average Bonchev–Trinajstić information content (AvgIpc) is 2.98. The molecule has 9 heteroatoms. The molecule has 1 amide bonds. The minimum absolute atomic E-state index is 0.0308. The van der Waals surface area contributed by atoms with Crippen LogP contribution in [0.1, 0.15) is 23.4 Å². The third-order valence-corrected chi connectivity index (χ3v) is 3.62. The van der Waals surface area contributed by atoms with Crippen LogP contribution in [-0.2, 0) is 24.9 Å². The third-order valence-electron chi connectivity index (χ3n) is 3.62. The van der Waals surface area contributed by atoms with E-state index in [1.807, 2.05) is 20.2 Å². The van der Waals surface area contributed by atoms with E-state index in [-0.39, 0.29) is 18.0 Å². The fourth-order valence-electron chi connectivity index (χ4n) is 2.35. The predicted octanol–water partition coefficient (Wildman–Crippen LogP) is 1.19. The number of amides is 1. The van der Waals surface area contributed by atoms with Crippen LogP contribution < -0.4 is 0 Å². The minimum atomic E-state index is -0.474. The number of rotatable bonds is 6. The zero-order valence-corrected chi connectivity index (χ0v) is 13.7. The van der Waals surface area contributed by atoms with Gasteiger partial charge in [0.2, 0.25) is 5.91 Å². The third kappa shape index (κ3) is 3.93. The summed E-state index contributed by atoms with van der Waals surface area (Å²) < 4.78 is 3.16. The number of carbonyl (C=O) groups is 1. The molecular formula is C14H20N6O3. The second kappa shape index (κ2) is 6.59. The van der Waals surface area contributed by atoms with E-state index >= 15 is 0 Å². The van der Waals surface area contributed by atoms with Gasteiger partial charge in [0.1, 0.15) is 11.9 Å². The summed E-state index contributed by atoms with van der Waals surface area (Å²) in [6.07, 6.45) is 3.47. The SMILES string of the molecule is Cc1nn(C)cc1CN(C)C(=O)CCn1cc([N+](=O)[O-])c(C)n1. The maximum atomic E-state index is 12.2. The first-order chi connectivity index (χ1) is 10.8. The lowest BCUT2D eigenvalue weighted by atomic mass is 10.2. The molecule has 0 spiro atoms. The molecule has 0 unspecified atom stereocenters. The molecule has 9 nitrogen and oxygen atoms in total. The molecule has 0 fully saturated rings. The van der Waals surface area contributed by atoms with Gasteiger partial charge in [0.15, 0.2) is 0 Å². The van der Waals surface area contributed by atoms with Crippen molar-refractivity contribution in [2.24, 2.45) is 7.05 Å². The Morgan fingerprint density at radius 1 is 1.30 bits per heavy atom. The van der Waals surface area contributed by atoms with E-state index in [1.54, 1.807) is 23.6 Å². The Balaban J connectivity index is 1.92. The number of hydrogen-bond acceptors (Lipinski definition) is 5. The van der Waals surface area contributed by atoms with Crippen molar-refractivity contribution < 1.29 is 9.72 Å². The highest BCUT2D eigenvalue weighted by molar-refractivity contribution is 5.75. The molecule has 0 aliphatic rings. The molecule has 0 radical (unpaired) electrons. The van der Waals surface area contributed by atoms with Gasteiger partial charge in [0, 0.05) is 45.4 Å². The van der Waals surface area contributed by atoms with Gasteiger partial charge >= 0.3 is 5.69 Å². The summed E-state index contributed by atoms with van der Waals surface area (Å²) in [7, 11) is 3.57. The van der Waals surface area contributed by atoms with Crippen LogP contribution in [0.2, 0.25) is 0 Å². The summed E-state index contributed by atoms with van der Waals surface area (Å²) in [4.78, 5) is 24.1. The highest BCUT2D eigenvalue weighted by Gasteiger charge is 2.17. The Kier molecular flexibility index (Phi) is 4.77. The lowest BCUT2D eigenvalue weighted by molar-refractivity contribution is -0.385. The van der Waals surface area contributed by atoms with Gasteiger partial charge in [0.05, 0.1) is 10.6 Å². The molecule has 0 aliphatic carbocycles. The molecule has 124 valence electrons. The van der Waals surface area contributed by atoms with Crippen LogP contribution in [0.4, 0.5) is 5.69 Å². The molecule has 23 heavy (non-hydrogen) atoms. The number of aryl methyl sites for hydroxylation is 4. The molecule has 0 N–H and O–H groups in total. The van der Waals surface area contributed by atoms with E-state index in [9.17, 15) is 14.9 Å². The van der Waals surface area contributed by atoms with Crippen molar-refractivity contribution in [3.63, 3.8) is 0 Å². The standard InChI is InChI=1S/C14H20N6O3/c1-10-12(8-18(4)15-10)7-17(3)14(21)5-6-19-9-13(20(22)23)11(2)16-19/h8-9H,5-7H2,1-4H3. The maximum absolute atomic E-state index is 12.2. The van der Waals surface area contributed by atoms with Gasteiger partial charge in [-0.3, -0.25) is 24.3 Å². The van der Waals surface area contributed by atoms with Crippen molar-refractivity contribution in [2.45, 2.75) is 33.4 Å². The largest absolute Gasteiger partial charge is 0.341 e. The molecule has 0 bridgehead atoms. The average molecular weight is 320 g/mol. The lowest BCUT2D eigenvalue weighted by Crippen LogP contribution is -2.27. The van der Waals surface area contributed by atoms with E-state index in [0.717, 1.165) is 11.3 Å². The second-order valence-electron chi connectivity index (χ2n) is 5.53. The number of aromatic nitrogens is 4. The van der Waals surface area contributed by atoms with Crippen LogP contribution in [-0.4, -0.2) is 42.3 Å². The Hall–Kier alpha value is -2.71. The van der Waals surface area contributed by atoms with E-state index < -0.39 is 4.92 Å². The van der Waals surface area contributed by atoms with Gasteiger partial charge in [-0.2, -0.15) is 10.2 Å². The Morgan fingerprint density at radius 3 is 2.52 bits per heavy atom. The number of nitrogens with zero attached hydrogens (tertiary/aromatic N) is 6. The van der Waals surface area contributed by atoms with Crippen molar-refractivity contribution in [3.8, 4) is 0 Å². The highest BCUT2D eigenvalue weighted by atomic mass is 16.6. The van der Waals surface area contributed by atoms with Crippen molar-refractivity contribution in [2.75, 3.05) is 7.05 Å². The van der Waals surface area contributed by atoms with Crippen molar-refractivity contribution in [3.05, 3.63) is 39.5 Å². The predicted molar refractivity (Wildman–Crippen MR) is 82.7 cm³/mol. The molecule has 2 heterocycles. The summed E-state index contributed by atoms with van der Waals surface area (Å²) in [6, 6.07) is 0. The Bertz CT molecular complexity index is 733. The normalized spacial score (nSPS) is 10.8. The highest BCUT2D eigenvalue weighted by Crippen LogP contribution is 2.15. The summed E-state index contributed by atoms with van der Waals surface area (Å²) in [6.45, 7) is 4.27. The molecule has 0 atom stereocenters. The van der Waals surface area contributed by atoms with E-state index in [0.29, 0.717) is 18.8 Å². The van der Waals surface area contributed by atoms with Crippen LogP contribution in [0.5, 0.6) is 0 Å². The number of carbonyl (C=O) groups excluding carboxylic acids is 1. The smallest absolute Gasteiger partial charge is 0.309 e. The molecule has 0 saturated heterocycles. The van der Waals surface area contributed by atoms with Crippen LogP contribution in [0, 0.1) is 24.0 Å². The number of nitro groups is 1. The molecule has 0 saturated carbocycles. The fraction of sp³-hybridized carbons (Fsp3) is 0.500. The quantitative estimate of drug-likeness (QED) is 0.588. The summed E-state index contributed by atoms with van der Waals surface area (Å²) in [5.74, 6) is -0.0518. The maximum Gasteiger partial charge on any atom is 0.309 e. The van der Waals surface area contributed by atoms with Crippen molar-refractivity contribution in [1.29, 1.82) is 0 Å². The van der Waals surface area contributed by atoms with Gasteiger partial charge in [-0.15, -0.1) is 0 Å². The molecule has 2 rings (SSSR count). The monoisotopic (exact) mass is 320 g/mol. The van der Waals surface area contributed by atoms with Crippen LogP contribution >= 0.6 is 0 Å². The fourth-order valence-corrected chi connectivity index (χ4v) is 2.35. The Labute approximate surface area is 133 Å². The molecule has 2 aromatic rings. The minimum Gasteiger partial charge on any atom is -0.341 e. The van der Waals surface area contributed by atoms with Crippen LogP contribution in [0.25, 0.3) is 0 Å². The molecule has 2 aromatic heterocycles. The van der Waals surface area contributed by atoms with E-state index in [4.69, 9.17) is 0 Å². The van der Waals surface area contributed by atoms with E-state index in [1.165, 1.54) is 10.9 Å². The van der Waals surface area contributed by atoms with Gasteiger partial charge < -0.3 is 4.90 Å². The number of hydrogen-bond donors (Lipinski definition) is 0. The molecular weight excluding hydrogens is 300 g/mol. The van der Waals surface area contributed by atoms with Crippen molar-refractivity contribution in [1.82, 2.24) is 24.5 Å². The lowest BCUT2D eigenvalue weighted by Gasteiger charge is -2.16. The van der Waals surface area contributed by atoms with E-state index in [2.05, 4.69) is 10.2 Å². The second-order valence-corrected chi connectivity index (χ2v) is 5.53. The molecule has 0 aliphatic heterocycles. The topological polar surface area (TPSA) is 99.1 Å². The first-order valence-corrected chi connectivity index (χ1v) is 7.19. The molecule has 0 aromatic carbocycles. The first-order valence-electron chi connectivity index (χ1n) is 7.19. The zero-order chi connectivity index (χ0) is 17.1. The van der Waals surface area contributed by atoms with Gasteiger partial charge in [-0.05, 0) is 13.8 Å².